The Labute approximate surface area is 194 Å². The van der Waals surface area contributed by atoms with E-state index in [9.17, 15) is 13.6 Å². The third-order valence-corrected chi connectivity index (χ3v) is 5.96. The third-order valence-electron chi connectivity index (χ3n) is 5.96. The van der Waals surface area contributed by atoms with Gasteiger partial charge in [0.05, 0.1) is 19.3 Å². The van der Waals surface area contributed by atoms with Gasteiger partial charge >= 0.3 is 0 Å². The fraction of sp³-hybridized carbons (Fsp3) is 0.304. The summed E-state index contributed by atoms with van der Waals surface area (Å²) >= 11 is 0. The van der Waals surface area contributed by atoms with E-state index in [-0.39, 0.29) is 23.6 Å². The first-order valence-electron chi connectivity index (χ1n) is 11.0. The summed E-state index contributed by atoms with van der Waals surface area (Å²) in [6, 6.07) is 4.43. The van der Waals surface area contributed by atoms with Crippen molar-refractivity contribution < 1.29 is 18.3 Å². The van der Waals surface area contributed by atoms with Crippen LogP contribution in [0.1, 0.15) is 41.1 Å². The number of imidazole rings is 1. The van der Waals surface area contributed by atoms with E-state index in [1.54, 1.807) is 11.2 Å². The van der Waals surface area contributed by atoms with Crippen LogP contribution in [0.2, 0.25) is 0 Å². The molecule has 1 saturated carbocycles. The van der Waals surface area contributed by atoms with Crippen LogP contribution in [-0.2, 0) is 24.4 Å². The molecule has 0 saturated heterocycles. The fourth-order valence-electron chi connectivity index (χ4n) is 4.00. The number of carbonyl (C=O) groups is 1. The standard InChI is InChI=1S/C23H25F2N7O2/c1-34-20-5-4-18(24)17(21(20)25)8-27-23(33)19-12-32(30-29-19)11-16-10-31-9-15(13-2-3-13)6-14(7-26)22(31)28-16/h4-6,9-10,12-13,29-30H,2-3,7-8,11,26H2,1H3,(H,27,33). The normalized spacial score (nSPS) is 15.4. The maximum absolute atomic E-state index is 14.3. The van der Waals surface area contributed by atoms with Crippen LogP contribution in [0.3, 0.4) is 0 Å². The highest BCUT2D eigenvalue weighted by molar-refractivity contribution is 5.92. The lowest BCUT2D eigenvalue weighted by Gasteiger charge is -2.12. The Hall–Kier alpha value is -3.70. The van der Waals surface area contributed by atoms with Crippen LogP contribution < -0.4 is 26.7 Å². The Morgan fingerprint density at radius 1 is 1.32 bits per heavy atom. The minimum absolute atomic E-state index is 0.0915. The smallest absolute Gasteiger partial charge is 0.270 e. The Kier molecular flexibility index (Phi) is 5.80. The number of fused-ring (bicyclic) bond motifs is 1. The number of nitrogens with one attached hydrogen (secondary N) is 3. The molecule has 0 bridgehead atoms. The number of hydrogen-bond donors (Lipinski definition) is 4. The van der Waals surface area contributed by atoms with Gasteiger partial charge in [-0.1, -0.05) is 0 Å². The van der Waals surface area contributed by atoms with E-state index in [0.29, 0.717) is 19.0 Å². The molecule has 178 valence electrons. The van der Waals surface area contributed by atoms with Gasteiger partial charge in [-0.15, -0.1) is 5.53 Å². The van der Waals surface area contributed by atoms with Gasteiger partial charge in [0, 0.05) is 42.8 Å². The van der Waals surface area contributed by atoms with Gasteiger partial charge in [-0.05, 0) is 42.5 Å². The molecule has 1 fully saturated rings. The second-order valence-corrected chi connectivity index (χ2v) is 8.37. The molecule has 0 spiro atoms. The summed E-state index contributed by atoms with van der Waals surface area (Å²) in [5.74, 6) is -1.62. The number of nitrogens with two attached hydrogens (primary N) is 1. The van der Waals surface area contributed by atoms with Crippen LogP contribution in [0.15, 0.2) is 42.5 Å². The van der Waals surface area contributed by atoms with Crippen molar-refractivity contribution in [3.63, 3.8) is 0 Å². The van der Waals surface area contributed by atoms with Crippen LogP contribution >= 0.6 is 0 Å². The molecule has 2 aliphatic rings. The summed E-state index contributed by atoms with van der Waals surface area (Å²) < 4.78 is 35.2. The quantitative estimate of drug-likeness (QED) is 0.399. The maximum Gasteiger partial charge on any atom is 0.270 e. The SMILES string of the molecule is COc1ccc(F)c(CNC(=O)C2=CN(Cc3cn4cc(C5CC5)cc(CN)c4n3)NN2)c1F. The van der Waals surface area contributed by atoms with Gasteiger partial charge in [-0.3, -0.25) is 15.2 Å². The summed E-state index contributed by atoms with van der Waals surface area (Å²) in [4.78, 5) is 17.2. The predicted octanol–water partition coefficient (Wildman–Crippen LogP) is 1.94. The Balaban J connectivity index is 1.26. The molecule has 1 aliphatic heterocycles. The molecule has 1 amide bonds. The van der Waals surface area contributed by atoms with E-state index in [0.717, 1.165) is 23.0 Å². The summed E-state index contributed by atoms with van der Waals surface area (Å²) in [5, 5.41) is 4.17. The highest BCUT2D eigenvalue weighted by Crippen LogP contribution is 2.40. The Morgan fingerprint density at radius 2 is 2.15 bits per heavy atom. The number of ether oxygens (including phenoxy) is 1. The zero-order valence-electron chi connectivity index (χ0n) is 18.6. The van der Waals surface area contributed by atoms with E-state index in [2.05, 4.69) is 28.5 Å². The lowest BCUT2D eigenvalue weighted by atomic mass is 10.1. The lowest BCUT2D eigenvalue weighted by molar-refractivity contribution is -0.118. The van der Waals surface area contributed by atoms with Crippen molar-refractivity contribution in [2.45, 2.75) is 38.4 Å². The molecule has 1 aromatic carbocycles. The number of halogens is 2. The van der Waals surface area contributed by atoms with Crippen LogP contribution in [0.5, 0.6) is 5.75 Å². The maximum atomic E-state index is 14.3. The zero-order chi connectivity index (χ0) is 23.8. The molecule has 0 atom stereocenters. The van der Waals surface area contributed by atoms with E-state index < -0.39 is 17.5 Å². The topological polar surface area (TPSA) is 109 Å². The zero-order valence-corrected chi connectivity index (χ0v) is 18.6. The van der Waals surface area contributed by atoms with Gasteiger partial charge in [0.2, 0.25) is 0 Å². The number of hydrogen-bond acceptors (Lipinski definition) is 7. The number of hydrazine groups is 2. The minimum atomic E-state index is -0.843. The number of benzene rings is 1. The number of aromatic nitrogens is 2. The fourth-order valence-corrected chi connectivity index (χ4v) is 4.00. The Bertz CT molecular complexity index is 1290. The second-order valence-electron chi connectivity index (χ2n) is 8.37. The third kappa shape index (κ3) is 4.27. The van der Waals surface area contributed by atoms with Crippen molar-refractivity contribution in [2.75, 3.05) is 7.11 Å². The van der Waals surface area contributed by atoms with Gasteiger partial charge in [-0.25, -0.2) is 13.8 Å². The largest absolute Gasteiger partial charge is 0.494 e. The van der Waals surface area contributed by atoms with Gasteiger partial charge in [0.25, 0.3) is 5.91 Å². The Morgan fingerprint density at radius 3 is 2.88 bits per heavy atom. The molecule has 34 heavy (non-hydrogen) atoms. The van der Waals surface area contributed by atoms with Gasteiger partial charge in [0.1, 0.15) is 17.2 Å². The molecule has 9 nitrogen and oxygen atoms in total. The molecule has 3 aromatic rings. The van der Waals surface area contributed by atoms with Crippen LogP contribution in [0.25, 0.3) is 5.65 Å². The molecular formula is C23H25F2N7O2. The number of amides is 1. The average molecular weight is 469 g/mol. The van der Waals surface area contributed by atoms with Crippen molar-refractivity contribution in [1.29, 1.82) is 0 Å². The summed E-state index contributed by atoms with van der Waals surface area (Å²) in [6.07, 6.45) is 8.02. The predicted molar refractivity (Wildman–Crippen MR) is 120 cm³/mol. The van der Waals surface area contributed by atoms with Crippen molar-refractivity contribution in [1.82, 2.24) is 30.7 Å². The minimum Gasteiger partial charge on any atom is -0.494 e. The molecule has 3 heterocycles. The first-order chi connectivity index (χ1) is 16.5. The van der Waals surface area contributed by atoms with Crippen LogP contribution in [-0.4, -0.2) is 27.4 Å². The highest BCUT2D eigenvalue weighted by Gasteiger charge is 2.25. The molecular weight excluding hydrogens is 444 g/mol. The molecule has 11 heteroatoms. The van der Waals surface area contributed by atoms with E-state index in [4.69, 9.17) is 15.5 Å². The monoisotopic (exact) mass is 469 g/mol. The van der Waals surface area contributed by atoms with Crippen molar-refractivity contribution >= 4 is 11.6 Å². The van der Waals surface area contributed by atoms with E-state index in [1.807, 2.05) is 10.6 Å². The summed E-state index contributed by atoms with van der Waals surface area (Å²) in [5.41, 5.74) is 15.4. The summed E-state index contributed by atoms with van der Waals surface area (Å²) in [6.45, 7) is 0.459. The highest BCUT2D eigenvalue weighted by atomic mass is 19.1. The molecule has 2 aromatic heterocycles. The van der Waals surface area contributed by atoms with Gasteiger partial charge in [-0.2, -0.15) is 0 Å². The first kappa shape index (κ1) is 22.1. The number of nitrogens with zero attached hydrogens (tertiary/aromatic N) is 3. The second kappa shape index (κ2) is 8.92. The summed E-state index contributed by atoms with van der Waals surface area (Å²) in [7, 11) is 1.29. The molecule has 1 aliphatic carbocycles. The van der Waals surface area contributed by atoms with E-state index in [1.165, 1.54) is 31.6 Å². The molecule has 5 rings (SSSR count). The molecule has 5 N–H and O–H groups in total. The number of carbonyl (C=O) groups excluding carboxylic acids is 1. The van der Waals surface area contributed by atoms with Crippen molar-refractivity contribution in [3.05, 3.63) is 76.5 Å². The van der Waals surface area contributed by atoms with E-state index >= 15 is 0 Å². The number of rotatable bonds is 8. The molecule has 0 unspecified atom stereocenters. The number of pyridine rings is 1. The van der Waals surface area contributed by atoms with Gasteiger partial charge in [0.15, 0.2) is 11.6 Å². The average Bonchev–Trinajstić information content (AvgIpc) is 3.44. The van der Waals surface area contributed by atoms with Crippen LogP contribution in [0.4, 0.5) is 8.78 Å². The lowest BCUT2D eigenvalue weighted by Crippen LogP contribution is -2.38. The van der Waals surface area contributed by atoms with Gasteiger partial charge < -0.3 is 20.2 Å². The van der Waals surface area contributed by atoms with Crippen LogP contribution in [0, 0.1) is 11.6 Å². The first-order valence-corrected chi connectivity index (χ1v) is 11.0. The number of methoxy groups -OCH3 is 1. The van der Waals surface area contributed by atoms with Crippen molar-refractivity contribution in [3.8, 4) is 5.75 Å². The van der Waals surface area contributed by atoms with Crippen molar-refractivity contribution in [2.24, 2.45) is 5.73 Å². The molecule has 0 radical (unpaired) electrons.